The highest BCUT2D eigenvalue weighted by Crippen LogP contribution is 2.12. The smallest absolute Gasteiger partial charge is 0.0498 e. The second kappa shape index (κ2) is 4.66. The summed E-state index contributed by atoms with van der Waals surface area (Å²) in [6.07, 6.45) is 2.01. The van der Waals surface area contributed by atoms with Gasteiger partial charge in [-0.15, -0.1) is 0 Å². The average molecular weight is 109 g/mol. The van der Waals surface area contributed by atoms with Gasteiger partial charge in [0.2, 0.25) is 0 Å². The molecule has 0 saturated carbocycles. The molecule has 5 heavy (non-hydrogen) atoms. The van der Waals surface area contributed by atoms with Crippen LogP contribution in [-0.2, 0) is 0 Å². The molecule has 0 bridgehead atoms. The number of rotatable bonds is 2. The third kappa shape index (κ3) is 4.66. The molecule has 0 atom stereocenters. The molecule has 0 aliphatic rings. The highest BCUT2D eigenvalue weighted by atomic mass is 33.1. The highest BCUT2D eigenvalue weighted by Gasteiger charge is 1.67. The molecule has 0 amide bonds. The quantitative estimate of drug-likeness (QED) is 0.421. The molecule has 0 aromatic carbocycles. The van der Waals surface area contributed by atoms with E-state index < -0.39 is 0 Å². The minimum Gasteiger partial charge on any atom is -0.321 e. The van der Waals surface area contributed by atoms with Crippen molar-refractivity contribution in [3.63, 3.8) is 0 Å². The van der Waals surface area contributed by atoms with Gasteiger partial charge in [-0.3, -0.25) is 0 Å². The maximum absolute atomic E-state index is 5.08. The maximum Gasteiger partial charge on any atom is 0.0498 e. The fourth-order valence-electron chi connectivity index (χ4n) is 0.0680. The van der Waals surface area contributed by atoms with E-state index in [1.807, 2.05) is 6.26 Å². The van der Waals surface area contributed by atoms with Gasteiger partial charge >= 0.3 is 0 Å². The van der Waals surface area contributed by atoms with E-state index in [0.717, 1.165) is 5.88 Å². The molecule has 0 radical (unpaired) electrons. The molecule has 0 aromatic heterocycles. The van der Waals surface area contributed by atoms with Crippen molar-refractivity contribution >= 4 is 21.6 Å². The van der Waals surface area contributed by atoms with E-state index in [1.165, 1.54) is 0 Å². The zero-order chi connectivity index (χ0) is 4.12. The minimum atomic E-state index is 0.723. The van der Waals surface area contributed by atoms with Gasteiger partial charge < -0.3 is 5.73 Å². The van der Waals surface area contributed by atoms with Gasteiger partial charge in [-0.25, -0.2) is 0 Å². The summed E-state index contributed by atoms with van der Waals surface area (Å²) in [5, 5.41) is 0. The van der Waals surface area contributed by atoms with Crippen LogP contribution in [0.25, 0.3) is 0 Å². The van der Waals surface area contributed by atoms with E-state index in [0.29, 0.717) is 0 Å². The molecule has 0 rings (SSSR count). The van der Waals surface area contributed by atoms with Gasteiger partial charge in [-0.05, 0) is 6.26 Å². The van der Waals surface area contributed by atoms with E-state index in [1.54, 1.807) is 21.6 Å². The third-order valence-corrected chi connectivity index (χ3v) is 1.67. The van der Waals surface area contributed by atoms with Gasteiger partial charge in [0, 0.05) is 5.88 Å². The predicted octanol–water partition coefficient (Wildman–Crippen LogP) is 0.914. The van der Waals surface area contributed by atoms with Crippen molar-refractivity contribution in [2.24, 2.45) is 5.73 Å². The van der Waals surface area contributed by atoms with E-state index in [2.05, 4.69) is 0 Å². The lowest BCUT2D eigenvalue weighted by Gasteiger charge is -1.80. The Hall–Kier alpha value is 0.660. The Bertz CT molecular complexity index is 15.1. The first kappa shape index (κ1) is 5.66. The van der Waals surface area contributed by atoms with Gasteiger partial charge in [-0.1, -0.05) is 21.6 Å². The van der Waals surface area contributed by atoms with Gasteiger partial charge in [0.25, 0.3) is 0 Å². The SMILES string of the molecule is CSSCN. The Labute approximate surface area is 40.1 Å². The van der Waals surface area contributed by atoms with Crippen molar-refractivity contribution in [2.75, 3.05) is 12.1 Å². The minimum absolute atomic E-state index is 0.723. The lowest BCUT2D eigenvalue weighted by atomic mass is 11.6. The van der Waals surface area contributed by atoms with Gasteiger partial charge in [0.05, 0.1) is 0 Å². The maximum atomic E-state index is 5.08. The molecule has 0 aliphatic heterocycles. The molecule has 0 saturated heterocycles. The topological polar surface area (TPSA) is 26.0 Å². The fourth-order valence-corrected chi connectivity index (χ4v) is 0.612. The monoisotopic (exact) mass is 109 g/mol. The standard InChI is InChI=1S/C2H7NS2/c1-4-5-2-3/h2-3H2,1H3. The van der Waals surface area contributed by atoms with Crippen LogP contribution in [0.5, 0.6) is 0 Å². The Morgan fingerprint density at radius 3 is 2.40 bits per heavy atom. The van der Waals surface area contributed by atoms with E-state index >= 15 is 0 Å². The Morgan fingerprint density at radius 1 is 1.80 bits per heavy atom. The second-order valence-corrected chi connectivity index (χ2v) is 3.06. The lowest BCUT2D eigenvalue weighted by molar-refractivity contribution is 1.41. The largest absolute Gasteiger partial charge is 0.321 e. The molecule has 2 N–H and O–H groups in total. The molecule has 0 aliphatic carbocycles. The van der Waals surface area contributed by atoms with E-state index in [9.17, 15) is 0 Å². The van der Waals surface area contributed by atoms with Crippen LogP contribution in [0.1, 0.15) is 0 Å². The third-order valence-electron chi connectivity index (χ3n) is 0.186. The van der Waals surface area contributed by atoms with Crippen molar-refractivity contribution in [1.29, 1.82) is 0 Å². The van der Waals surface area contributed by atoms with Crippen LogP contribution in [0, 0.1) is 0 Å². The van der Waals surface area contributed by atoms with E-state index in [4.69, 9.17) is 5.73 Å². The molecule has 0 aromatic rings. The summed E-state index contributed by atoms with van der Waals surface area (Å²) in [5.74, 6) is 0.723. The first-order valence-electron chi connectivity index (χ1n) is 1.27. The molecular formula is C2H7NS2. The van der Waals surface area contributed by atoms with Crippen LogP contribution in [0.15, 0.2) is 0 Å². The first-order valence-corrected chi connectivity index (χ1v) is 4.00. The molecule has 3 heteroatoms. The van der Waals surface area contributed by atoms with E-state index in [-0.39, 0.29) is 0 Å². The van der Waals surface area contributed by atoms with Crippen LogP contribution < -0.4 is 5.73 Å². The van der Waals surface area contributed by atoms with Crippen molar-refractivity contribution in [3.8, 4) is 0 Å². The molecule has 0 heterocycles. The summed E-state index contributed by atoms with van der Waals surface area (Å²) >= 11 is 0. The summed E-state index contributed by atoms with van der Waals surface area (Å²) in [6.45, 7) is 0. The summed E-state index contributed by atoms with van der Waals surface area (Å²) in [6, 6.07) is 0. The Balaban J connectivity index is 2.19. The second-order valence-electron chi connectivity index (χ2n) is 0.451. The highest BCUT2D eigenvalue weighted by molar-refractivity contribution is 8.76. The molecule has 0 unspecified atom stereocenters. The fraction of sp³-hybridized carbons (Fsp3) is 1.00. The van der Waals surface area contributed by atoms with Crippen LogP contribution >= 0.6 is 21.6 Å². The Kier molecular flexibility index (Phi) is 5.28. The molecule has 1 nitrogen and oxygen atoms in total. The van der Waals surface area contributed by atoms with Crippen LogP contribution in [-0.4, -0.2) is 12.1 Å². The summed E-state index contributed by atoms with van der Waals surface area (Å²) in [7, 11) is 3.35. The van der Waals surface area contributed by atoms with Gasteiger partial charge in [0.1, 0.15) is 0 Å². The van der Waals surface area contributed by atoms with Gasteiger partial charge in [0.15, 0.2) is 0 Å². The van der Waals surface area contributed by atoms with Crippen molar-refractivity contribution in [2.45, 2.75) is 0 Å². The Morgan fingerprint density at radius 2 is 2.40 bits per heavy atom. The molecular weight excluding hydrogens is 102 g/mol. The number of nitrogens with two attached hydrogens (primary N) is 1. The molecule has 32 valence electrons. The number of hydrogen-bond donors (Lipinski definition) is 1. The zero-order valence-corrected chi connectivity index (χ0v) is 4.73. The molecule has 0 spiro atoms. The van der Waals surface area contributed by atoms with Crippen LogP contribution in [0.2, 0.25) is 0 Å². The summed E-state index contributed by atoms with van der Waals surface area (Å²) < 4.78 is 0. The number of hydrogen-bond acceptors (Lipinski definition) is 3. The lowest BCUT2D eigenvalue weighted by Crippen LogP contribution is -1.87. The average Bonchev–Trinajstić information content (AvgIpc) is 1.41. The van der Waals surface area contributed by atoms with Crippen LogP contribution in [0.4, 0.5) is 0 Å². The predicted molar refractivity (Wildman–Crippen MR) is 30.2 cm³/mol. The van der Waals surface area contributed by atoms with Gasteiger partial charge in [-0.2, -0.15) is 0 Å². The van der Waals surface area contributed by atoms with Crippen LogP contribution in [0.3, 0.4) is 0 Å². The zero-order valence-electron chi connectivity index (χ0n) is 3.10. The summed E-state index contributed by atoms with van der Waals surface area (Å²) in [5.41, 5.74) is 5.08. The first-order chi connectivity index (χ1) is 2.41. The molecule has 0 fully saturated rings. The van der Waals surface area contributed by atoms with Crippen molar-refractivity contribution in [3.05, 3.63) is 0 Å². The normalized spacial score (nSPS) is 8.40. The summed E-state index contributed by atoms with van der Waals surface area (Å²) in [4.78, 5) is 0. The van der Waals surface area contributed by atoms with Crippen molar-refractivity contribution in [1.82, 2.24) is 0 Å². The van der Waals surface area contributed by atoms with Crippen molar-refractivity contribution < 1.29 is 0 Å².